The molecule has 6 nitrogen and oxygen atoms in total. The minimum absolute atomic E-state index is 0.119. The second-order valence-electron chi connectivity index (χ2n) is 5.71. The zero-order valence-corrected chi connectivity index (χ0v) is 16.3. The number of methoxy groups -OCH3 is 1. The van der Waals surface area contributed by atoms with Gasteiger partial charge in [-0.05, 0) is 36.1 Å². The molecule has 0 aliphatic carbocycles. The van der Waals surface area contributed by atoms with Crippen molar-refractivity contribution < 1.29 is 9.53 Å². The van der Waals surface area contributed by atoms with E-state index in [0.717, 1.165) is 18.9 Å². The number of nitrogens with zero attached hydrogens (tertiary/aromatic N) is 2. The number of thiophene rings is 1. The van der Waals surface area contributed by atoms with Crippen molar-refractivity contribution in [3.63, 3.8) is 0 Å². The highest BCUT2D eigenvalue weighted by atomic mass is 32.1. The first-order valence-corrected chi connectivity index (χ1v) is 9.38. The molecule has 1 aromatic carbocycles. The molecule has 7 heteroatoms. The van der Waals surface area contributed by atoms with Gasteiger partial charge in [0.1, 0.15) is 5.75 Å². The molecule has 1 amide bonds. The number of rotatable bonds is 8. The van der Waals surface area contributed by atoms with Gasteiger partial charge < -0.3 is 20.3 Å². The van der Waals surface area contributed by atoms with Crippen molar-refractivity contribution in [2.75, 3.05) is 40.8 Å². The number of carbonyl (C=O) groups is 1. The molecule has 0 bridgehead atoms. The van der Waals surface area contributed by atoms with Crippen LogP contribution in [-0.2, 0) is 6.42 Å². The average molecular weight is 375 g/mol. The van der Waals surface area contributed by atoms with Crippen molar-refractivity contribution in [1.82, 2.24) is 15.5 Å². The molecular formula is C19H26N4O2S. The number of ether oxygens (including phenoxy) is 1. The number of aliphatic imine (C=N–C) groups is 1. The Hall–Kier alpha value is -2.54. The maximum Gasteiger partial charge on any atom is 0.251 e. The Morgan fingerprint density at radius 1 is 1.23 bits per heavy atom. The van der Waals surface area contributed by atoms with Gasteiger partial charge in [0.05, 0.1) is 7.11 Å². The summed E-state index contributed by atoms with van der Waals surface area (Å²) < 4.78 is 5.14. The molecule has 0 fully saturated rings. The molecule has 26 heavy (non-hydrogen) atoms. The van der Waals surface area contributed by atoms with Crippen LogP contribution in [0.3, 0.4) is 0 Å². The quantitative estimate of drug-likeness (QED) is 0.422. The topological polar surface area (TPSA) is 66.0 Å². The summed E-state index contributed by atoms with van der Waals surface area (Å²) in [7, 11) is 5.36. The van der Waals surface area contributed by atoms with Gasteiger partial charge in [-0.2, -0.15) is 0 Å². The van der Waals surface area contributed by atoms with Crippen LogP contribution in [-0.4, -0.2) is 57.6 Å². The molecule has 0 radical (unpaired) electrons. The summed E-state index contributed by atoms with van der Waals surface area (Å²) in [5, 5.41) is 8.25. The van der Waals surface area contributed by atoms with Crippen molar-refractivity contribution in [1.29, 1.82) is 0 Å². The van der Waals surface area contributed by atoms with Gasteiger partial charge in [-0.25, -0.2) is 0 Å². The van der Waals surface area contributed by atoms with Crippen LogP contribution in [0.25, 0.3) is 0 Å². The predicted octanol–water partition coefficient (Wildman–Crippen LogP) is 2.24. The monoisotopic (exact) mass is 374 g/mol. The Kier molecular flexibility index (Phi) is 7.95. The van der Waals surface area contributed by atoms with Crippen LogP contribution in [0, 0.1) is 0 Å². The van der Waals surface area contributed by atoms with E-state index in [1.165, 1.54) is 4.88 Å². The molecular weight excluding hydrogens is 348 g/mol. The highest BCUT2D eigenvalue weighted by molar-refractivity contribution is 7.09. The SMILES string of the molecule is CN=C(NCCNC(=O)c1cccc(OC)c1)N(C)CCc1cccs1. The summed E-state index contributed by atoms with van der Waals surface area (Å²) >= 11 is 1.77. The molecule has 140 valence electrons. The fourth-order valence-electron chi connectivity index (χ4n) is 2.44. The molecule has 0 saturated carbocycles. The van der Waals surface area contributed by atoms with Gasteiger partial charge in [0, 0.05) is 44.2 Å². The number of guanidine groups is 1. The zero-order valence-electron chi connectivity index (χ0n) is 15.5. The third kappa shape index (κ3) is 6.07. The highest BCUT2D eigenvalue weighted by Crippen LogP contribution is 2.12. The molecule has 0 atom stereocenters. The van der Waals surface area contributed by atoms with E-state index < -0.39 is 0 Å². The van der Waals surface area contributed by atoms with Gasteiger partial charge in [0.2, 0.25) is 0 Å². The Balaban J connectivity index is 1.72. The molecule has 2 rings (SSSR count). The lowest BCUT2D eigenvalue weighted by Crippen LogP contribution is -2.43. The van der Waals surface area contributed by atoms with E-state index in [2.05, 4.69) is 38.0 Å². The maximum absolute atomic E-state index is 12.2. The smallest absolute Gasteiger partial charge is 0.251 e. The predicted molar refractivity (Wildman–Crippen MR) is 107 cm³/mol. The van der Waals surface area contributed by atoms with Crippen LogP contribution >= 0.6 is 11.3 Å². The molecule has 0 aliphatic heterocycles. The molecule has 0 unspecified atom stereocenters. The summed E-state index contributed by atoms with van der Waals surface area (Å²) in [6, 6.07) is 11.3. The molecule has 2 aromatic rings. The van der Waals surface area contributed by atoms with E-state index in [-0.39, 0.29) is 5.91 Å². The van der Waals surface area contributed by atoms with Crippen LogP contribution in [0.1, 0.15) is 15.2 Å². The first kappa shape index (κ1) is 19.8. The Morgan fingerprint density at radius 2 is 2.04 bits per heavy atom. The van der Waals surface area contributed by atoms with Crippen LogP contribution < -0.4 is 15.4 Å². The fourth-order valence-corrected chi connectivity index (χ4v) is 3.14. The van der Waals surface area contributed by atoms with Gasteiger partial charge in [-0.3, -0.25) is 9.79 Å². The van der Waals surface area contributed by atoms with Crippen LogP contribution in [0.5, 0.6) is 5.75 Å². The standard InChI is InChI=1S/C19H26N4O2S/c1-20-19(23(2)12-9-17-8-5-13-26-17)22-11-10-21-18(24)15-6-4-7-16(14-15)25-3/h4-8,13-14H,9-12H2,1-3H3,(H,20,22)(H,21,24). The minimum atomic E-state index is -0.119. The van der Waals surface area contributed by atoms with E-state index in [1.54, 1.807) is 43.7 Å². The van der Waals surface area contributed by atoms with Crippen molar-refractivity contribution in [3.05, 3.63) is 52.2 Å². The lowest BCUT2D eigenvalue weighted by molar-refractivity contribution is 0.0954. The van der Waals surface area contributed by atoms with Crippen LogP contribution in [0.15, 0.2) is 46.8 Å². The molecule has 2 N–H and O–H groups in total. The van der Waals surface area contributed by atoms with Gasteiger partial charge in [-0.15, -0.1) is 11.3 Å². The van der Waals surface area contributed by atoms with Gasteiger partial charge in [-0.1, -0.05) is 12.1 Å². The molecule has 0 aliphatic rings. The van der Waals surface area contributed by atoms with Crippen LogP contribution in [0.4, 0.5) is 0 Å². The summed E-state index contributed by atoms with van der Waals surface area (Å²) in [6.45, 7) is 2.00. The summed E-state index contributed by atoms with van der Waals surface area (Å²) in [4.78, 5) is 19.9. The number of benzene rings is 1. The first-order valence-electron chi connectivity index (χ1n) is 8.50. The second kappa shape index (κ2) is 10.5. The zero-order chi connectivity index (χ0) is 18.8. The normalized spacial score (nSPS) is 11.1. The largest absolute Gasteiger partial charge is 0.497 e. The van der Waals surface area contributed by atoms with Crippen LogP contribution in [0.2, 0.25) is 0 Å². The third-order valence-corrected chi connectivity index (χ3v) is 4.81. The van der Waals surface area contributed by atoms with E-state index in [1.807, 2.05) is 13.1 Å². The van der Waals surface area contributed by atoms with Crippen molar-refractivity contribution in [3.8, 4) is 5.75 Å². The van der Waals surface area contributed by atoms with E-state index in [9.17, 15) is 4.79 Å². The molecule has 0 spiro atoms. The number of likely N-dealkylation sites (N-methyl/N-ethyl adjacent to an activating group) is 1. The van der Waals surface area contributed by atoms with Gasteiger partial charge in [0.25, 0.3) is 5.91 Å². The Labute approximate surface area is 158 Å². The summed E-state index contributed by atoms with van der Waals surface area (Å²) in [6.07, 6.45) is 0.988. The van der Waals surface area contributed by atoms with E-state index in [4.69, 9.17) is 4.74 Å². The number of nitrogens with one attached hydrogen (secondary N) is 2. The lowest BCUT2D eigenvalue weighted by atomic mass is 10.2. The third-order valence-electron chi connectivity index (χ3n) is 3.87. The Morgan fingerprint density at radius 3 is 2.73 bits per heavy atom. The molecule has 0 saturated heterocycles. The number of amides is 1. The Bertz CT molecular complexity index is 716. The minimum Gasteiger partial charge on any atom is -0.497 e. The molecule has 1 aromatic heterocycles. The van der Waals surface area contributed by atoms with Gasteiger partial charge in [0.15, 0.2) is 5.96 Å². The van der Waals surface area contributed by atoms with E-state index >= 15 is 0 Å². The molecule has 1 heterocycles. The number of hydrogen-bond donors (Lipinski definition) is 2. The van der Waals surface area contributed by atoms with Crippen molar-refractivity contribution >= 4 is 23.2 Å². The van der Waals surface area contributed by atoms with E-state index in [0.29, 0.717) is 24.4 Å². The number of hydrogen-bond acceptors (Lipinski definition) is 4. The van der Waals surface area contributed by atoms with Crippen molar-refractivity contribution in [2.24, 2.45) is 4.99 Å². The van der Waals surface area contributed by atoms with Crippen molar-refractivity contribution in [2.45, 2.75) is 6.42 Å². The fraction of sp³-hybridized carbons (Fsp3) is 0.368. The lowest BCUT2D eigenvalue weighted by Gasteiger charge is -2.22. The maximum atomic E-state index is 12.2. The summed E-state index contributed by atoms with van der Waals surface area (Å²) in [5.41, 5.74) is 0.585. The first-order chi connectivity index (χ1) is 12.6. The summed E-state index contributed by atoms with van der Waals surface area (Å²) in [5.74, 6) is 1.37. The number of carbonyl (C=O) groups excluding carboxylic acids is 1. The highest BCUT2D eigenvalue weighted by Gasteiger charge is 2.08. The average Bonchev–Trinajstić information content (AvgIpc) is 3.19. The van der Waals surface area contributed by atoms with Gasteiger partial charge >= 0.3 is 0 Å². The second-order valence-corrected chi connectivity index (χ2v) is 6.75.